The summed E-state index contributed by atoms with van der Waals surface area (Å²) in [5.74, 6) is -0.860. The fraction of sp³-hybridized carbons (Fsp3) is 0.708. The summed E-state index contributed by atoms with van der Waals surface area (Å²) >= 11 is 0. The van der Waals surface area contributed by atoms with Gasteiger partial charge in [-0.05, 0) is 83.5 Å². The minimum Gasteiger partial charge on any atom is -0.462 e. The second-order valence-electron chi connectivity index (χ2n) is 16.0. The molecular formula is C48H85NO8P+. The molecule has 0 amide bonds. The van der Waals surface area contributed by atoms with Gasteiger partial charge in [0.1, 0.15) is 19.8 Å². The van der Waals surface area contributed by atoms with Gasteiger partial charge in [-0.3, -0.25) is 18.6 Å². The summed E-state index contributed by atoms with van der Waals surface area (Å²) in [6, 6.07) is 0. The standard InChI is InChI=1S/C48H84NO8P/c1-6-8-10-12-14-16-18-20-22-23-24-25-27-29-31-33-35-37-39-41-48(51)57-46(45-56-58(52,53)55-43-42-49(3,4)5)44-54-47(50)40-38-36-34-32-30-28-26-21-19-17-15-13-11-9-7-2/h8,10,14,16,20,22,24-25,28-31,46H,6-7,9,11-13,15,17-19,21,23,26-27,32-45H2,1-5H3/p+1/b10-8+,16-14+,22-20+,25-24+,30-28+,31-29+/t46-/m1/s1. The molecule has 0 rings (SSSR count). The predicted molar refractivity (Wildman–Crippen MR) is 242 cm³/mol. The van der Waals surface area contributed by atoms with Gasteiger partial charge in [-0.25, -0.2) is 4.57 Å². The predicted octanol–water partition coefficient (Wildman–Crippen LogP) is 13.0. The van der Waals surface area contributed by atoms with E-state index in [4.69, 9.17) is 18.5 Å². The van der Waals surface area contributed by atoms with Gasteiger partial charge in [0, 0.05) is 12.8 Å². The van der Waals surface area contributed by atoms with Crippen molar-refractivity contribution in [1.82, 2.24) is 0 Å². The number of hydrogen-bond donors (Lipinski definition) is 1. The van der Waals surface area contributed by atoms with Crippen LogP contribution in [0.25, 0.3) is 0 Å². The summed E-state index contributed by atoms with van der Waals surface area (Å²) in [4.78, 5) is 35.4. The number of rotatable bonds is 40. The van der Waals surface area contributed by atoms with Gasteiger partial charge >= 0.3 is 19.8 Å². The first-order chi connectivity index (χ1) is 28.0. The van der Waals surface area contributed by atoms with Gasteiger partial charge in [0.05, 0.1) is 27.7 Å². The molecule has 2 atom stereocenters. The van der Waals surface area contributed by atoms with Gasteiger partial charge < -0.3 is 18.9 Å². The zero-order valence-electron chi connectivity index (χ0n) is 37.5. The molecule has 1 N–H and O–H groups in total. The Hall–Kier alpha value is -2.55. The topological polar surface area (TPSA) is 108 Å². The van der Waals surface area contributed by atoms with Crippen molar-refractivity contribution in [1.29, 1.82) is 0 Å². The van der Waals surface area contributed by atoms with Crippen LogP contribution in [0.3, 0.4) is 0 Å². The number of phosphoric ester groups is 1. The van der Waals surface area contributed by atoms with Gasteiger partial charge in [-0.2, -0.15) is 0 Å². The summed E-state index contributed by atoms with van der Waals surface area (Å²) in [6.07, 6.45) is 49.5. The Bertz CT molecular complexity index is 1220. The van der Waals surface area contributed by atoms with E-state index in [1.807, 2.05) is 21.1 Å². The van der Waals surface area contributed by atoms with E-state index < -0.39 is 32.5 Å². The van der Waals surface area contributed by atoms with Crippen molar-refractivity contribution >= 4 is 19.8 Å². The second kappa shape index (κ2) is 39.9. The average molecular weight is 835 g/mol. The molecule has 0 aromatic rings. The van der Waals surface area contributed by atoms with Crippen molar-refractivity contribution in [3.63, 3.8) is 0 Å². The minimum absolute atomic E-state index is 0.0192. The molecule has 0 bridgehead atoms. The number of likely N-dealkylation sites (N-methyl/N-ethyl adjacent to an activating group) is 1. The molecule has 58 heavy (non-hydrogen) atoms. The van der Waals surface area contributed by atoms with E-state index in [2.05, 4.69) is 86.8 Å². The Labute approximate surface area is 355 Å². The molecule has 0 fully saturated rings. The van der Waals surface area contributed by atoms with E-state index in [1.165, 1.54) is 51.4 Å². The maximum absolute atomic E-state index is 12.7. The summed E-state index contributed by atoms with van der Waals surface area (Å²) in [5, 5.41) is 0. The number of nitrogens with zero attached hydrogens (tertiary/aromatic N) is 1. The van der Waals surface area contributed by atoms with Crippen molar-refractivity contribution in [3.05, 3.63) is 72.9 Å². The van der Waals surface area contributed by atoms with Crippen LogP contribution in [0.2, 0.25) is 0 Å². The van der Waals surface area contributed by atoms with Crippen molar-refractivity contribution in [2.24, 2.45) is 0 Å². The highest BCUT2D eigenvalue weighted by Crippen LogP contribution is 2.43. The summed E-state index contributed by atoms with van der Waals surface area (Å²) in [6.45, 7) is 4.24. The van der Waals surface area contributed by atoms with Gasteiger partial charge in [-0.1, -0.05) is 145 Å². The minimum atomic E-state index is -4.39. The largest absolute Gasteiger partial charge is 0.472 e. The van der Waals surface area contributed by atoms with Crippen LogP contribution < -0.4 is 0 Å². The fourth-order valence-corrected chi connectivity index (χ4v) is 6.42. The van der Waals surface area contributed by atoms with Crippen LogP contribution in [0.15, 0.2) is 72.9 Å². The third-order valence-corrected chi connectivity index (χ3v) is 10.2. The lowest BCUT2D eigenvalue weighted by Crippen LogP contribution is -2.37. The number of phosphoric acid groups is 1. The Morgan fingerprint density at radius 1 is 0.552 bits per heavy atom. The highest BCUT2D eigenvalue weighted by Gasteiger charge is 2.27. The fourth-order valence-electron chi connectivity index (χ4n) is 5.68. The quantitative estimate of drug-likeness (QED) is 0.0214. The first-order valence-corrected chi connectivity index (χ1v) is 24.2. The second-order valence-corrected chi connectivity index (χ2v) is 17.5. The van der Waals surface area contributed by atoms with E-state index in [-0.39, 0.29) is 26.1 Å². The Morgan fingerprint density at radius 2 is 0.983 bits per heavy atom. The van der Waals surface area contributed by atoms with Crippen molar-refractivity contribution in [3.8, 4) is 0 Å². The van der Waals surface area contributed by atoms with Crippen LogP contribution >= 0.6 is 7.82 Å². The highest BCUT2D eigenvalue weighted by molar-refractivity contribution is 7.47. The van der Waals surface area contributed by atoms with Crippen LogP contribution in [0.1, 0.15) is 168 Å². The molecule has 0 aliphatic carbocycles. The molecule has 0 saturated carbocycles. The van der Waals surface area contributed by atoms with Gasteiger partial charge in [0.2, 0.25) is 0 Å². The molecule has 10 heteroatoms. The molecule has 1 unspecified atom stereocenters. The molecule has 0 heterocycles. The van der Waals surface area contributed by atoms with Crippen molar-refractivity contribution < 1.29 is 42.1 Å². The third kappa shape index (κ3) is 43.0. The van der Waals surface area contributed by atoms with E-state index in [0.29, 0.717) is 23.9 Å². The molecule has 0 aromatic carbocycles. The first kappa shape index (κ1) is 55.5. The van der Waals surface area contributed by atoms with Crippen LogP contribution in [0.4, 0.5) is 0 Å². The molecule has 0 aliphatic heterocycles. The first-order valence-electron chi connectivity index (χ1n) is 22.7. The zero-order valence-corrected chi connectivity index (χ0v) is 38.4. The monoisotopic (exact) mass is 835 g/mol. The molecule has 0 aromatic heterocycles. The smallest absolute Gasteiger partial charge is 0.462 e. The number of quaternary nitrogens is 1. The molecule has 0 aliphatic rings. The Morgan fingerprint density at radius 3 is 1.48 bits per heavy atom. The maximum atomic E-state index is 12.7. The van der Waals surface area contributed by atoms with Gasteiger partial charge in [-0.15, -0.1) is 0 Å². The Balaban J connectivity index is 4.45. The number of ether oxygens (including phenoxy) is 2. The van der Waals surface area contributed by atoms with E-state index in [0.717, 1.165) is 77.0 Å². The number of unbranched alkanes of at least 4 members (excludes halogenated alkanes) is 14. The maximum Gasteiger partial charge on any atom is 0.472 e. The van der Waals surface area contributed by atoms with E-state index >= 15 is 0 Å². The third-order valence-electron chi connectivity index (χ3n) is 9.22. The molecule has 9 nitrogen and oxygen atoms in total. The van der Waals surface area contributed by atoms with Gasteiger partial charge in [0.25, 0.3) is 0 Å². The number of carbonyl (C=O) groups is 2. The van der Waals surface area contributed by atoms with Crippen LogP contribution in [0, 0.1) is 0 Å². The molecule has 0 spiro atoms. The van der Waals surface area contributed by atoms with Crippen molar-refractivity contribution in [2.45, 2.75) is 174 Å². The van der Waals surface area contributed by atoms with Crippen LogP contribution in [0.5, 0.6) is 0 Å². The lowest BCUT2D eigenvalue weighted by atomic mass is 10.1. The number of carbonyl (C=O) groups excluding carboxylic acids is 2. The normalized spacial score (nSPS) is 14.2. The highest BCUT2D eigenvalue weighted by atomic mass is 31.2. The summed E-state index contributed by atoms with van der Waals surface area (Å²) < 4.78 is 34.3. The zero-order chi connectivity index (χ0) is 42.8. The molecular weight excluding hydrogens is 750 g/mol. The van der Waals surface area contributed by atoms with Crippen LogP contribution in [-0.2, 0) is 32.7 Å². The number of esters is 2. The summed E-state index contributed by atoms with van der Waals surface area (Å²) in [7, 11) is 1.43. The molecule has 0 radical (unpaired) electrons. The molecule has 334 valence electrons. The average Bonchev–Trinajstić information content (AvgIpc) is 3.17. The van der Waals surface area contributed by atoms with Crippen LogP contribution in [-0.4, -0.2) is 74.9 Å². The Kier molecular flexibility index (Phi) is 38.1. The van der Waals surface area contributed by atoms with Crippen molar-refractivity contribution in [2.75, 3.05) is 47.5 Å². The summed E-state index contributed by atoms with van der Waals surface area (Å²) in [5.41, 5.74) is 0. The molecule has 0 saturated heterocycles. The number of allylic oxidation sites excluding steroid dienone is 12. The van der Waals surface area contributed by atoms with E-state index in [9.17, 15) is 19.0 Å². The van der Waals surface area contributed by atoms with E-state index in [1.54, 1.807) is 0 Å². The number of hydrogen-bond acceptors (Lipinski definition) is 7. The SMILES string of the molecule is CC/C=C/C/C=C/C/C=C/C/C=C/C/C=C/CCCCCC(=O)O[C@H](COC(=O)CCCCC/C=C/CCCCCCCCCC)COP(=O)(O)OCC[N+](C)(C)C. The van der Waals surface area contributed by atoms with Gasteiger partial charge in [0.15, 0.2) is 6.10 Å². The lowest BCUT2D eigenvalue weighted by molar-refractivity contribution is -0.870. The lowest BCUT2D eigenvalue weighted by Gasteiger charge is -2.24.